The molecule has 0 N–H and O–H groups in total. The Labute approximate surface area is 119 Å². The Bertz CT molecular complexity index is 477. The smallest absolute Gasteiger partial charge is 0.255 e. The Morgan fingerprint density at radius 2 is 1.89 bits per heavy atom. The Kier molecular flexibility index (Phi) is 3.50. The van der Waals surface area contributed by atoms with E-state index in [1.807, 2.05) is 18.2 Å². The predicted octanol–water partition coefficient (Wildman–Crippen LogP) is 2.65. The van der Waals surface area contributed by atoms with Crippen molar-refractivity contribution in [1.29, 1.82) is 0 Å². The monoisotopic (exact) mass is 278 g/mol. The average molecular weight is 279 g/mol. The van der Waals surface area contributed by atoms with E-state index in [-0.39, 0.29) is 5.91 Å². The normalized spacial score (nSPS) is 26.7. The Morgan fingerprint density at radius 3 is 2.47 bits per heavy atom. The second-order valence-corrected chi connectivity index (χ2v) is 5.84. The van der Waals surface area contributed by atoms with E-state index >= 15 is 0 Å². The molecule has 0 aromatic heterocycles. The first-order valence-corrected chi connectivity index (χ1v) is 7.38. The van der Waals surface area contributed by atoms with Crippen LogP contribution in [0, 0.1) is 0 Å². The van der Waals surface area contributed by atoms with Crippen molar-refractivity contribution in [2.24, 2.45) is 0 Å². The van der Waals surface area contributed by atoms with Crippen LogP contribution in [0.15, 0.2) is 24.3 Å². The topological polar surface area (TPSA) is 23.6 Å². The zero-order valence-electron chi connectivity index (χ0n) is 11.2. The van der Waals surface area contributed by atoms with E-state index in [0.29, 0.717) is 22.7 Å². The fourth-order valence-corrected chi connectivity index (χ4v) is 3.57. The molecule has 1 amide bonds. The van der Waals surface area contributed by atoms with Crippen LogP contribution in [0.5, 0.6) is 0 Å². The summed E-state index contributed by atoms with van der Waals surface area (Å²) in [6.45, 7) is 5.26. The Morgan fingerprint density at radius 1 is 1.26 bits per heavy atom. The molecule has 0 aliphatic carbocycles. The summed E-state index contributed by atoms with van der Waals surface area (Å²) in [6.07, 6.45) is 2.24. The predicted molar refractivity (Wildman–Crippen MR) is 76.5 cm³/mol. The van der Waals surface area contributed by atoms with Gasteiger partial charge in [-0.3, -0.25) is 9.69 Å². The SMILES string of the molecule is CCN1CC2CCC(C1)N2C(=O)c1ccccc1Cl. The molecule has 0 saturated carbocycles. The molecule has 19 heavy (non-hydrogen) atoms. The minimum Gasteiger partial charge on any atom is -0.330 e. The van der Waals surface area contributed by atoms with Gasteiger partial charge in [0.05, 0.1) is 10.6 Å². The fraction of sp³-hybridized carbons (Fsp3) is 0.533. The molecule has 2 aliphatic heterocycles. The highest BCUT2D eigenvalue weighted by molar-refractivity contribution is 6.33. The van der Waals surface area contributed by atoms with Crippen molar-refractivity contribution in [2.75, 3.05) is 19.6 Å². The number of likely N-dealkylation sites (tertiary alicyclic amines) is 1. The van der Waals surface area contributed by atoms with Crippen LogP contribution in [0.1, 0.15) is 30.1 Å². The van der Waals surface area contributed by atoms with Crippen molar-refractivity contribution >= 4 is 17.5 Å². The summed E-state index contributed by atoms with van der Waals surface area (Å²) >= 11 is 6.15. The summed E-state index contributed by atoms with van der Waals surface area (Å²) in [7, 11) is 0. The standard InChI is InChI=1S/C15H19ClN2O/c1-2-17-9-11-7-8-12(10-17)18(11)15(19)13-5-3-4-6-14(13)16/h3-6,11-12H,2,7-10H2,1H3. The van der Waals surface area contributed by atoms with E-state index in [9.17, 15) is 4.79 Å². The molecule has 3 nitrogen and oxygen atoms in total. The van der Waals surface area contributed by atoms with Crippen LogP contribution < -0.4 is 0 Å². The molecule has 102 valence electrons. The highest BCUT2D eigenvalue weighted by Gasteiger charge is 2.42. The summed E-state index contributed by atoms with van der Waals surface area (Å²) in [5, 5.41) is 0.560. The number of amides is 1. The zero-order chi connectivity index (χ0) is 13.4. The molecule has 2 unspecified atom stereocenters. The highest BCUT2D eigenvalue weighted by Crippen LogP contribution is 2.32. The Balaban J connectivity index is 1.84. The summed E-state index contributed by atoms with van der Waals surface area (Å²) in [6, 6.07) is 8.09. The van der Waals surface area contributed by atoms with Gasteiger partial charge in [-0.25, -0.2) is 0 Å². The third-order valence-electron chi connectivity index (χ3n) is 4.34. The molecule has 2 aliphatic rings. The van der Waals surface area contributed by atoms with E-state index in [4.69, 9.17) is 11.6 Å². The van der Waals surface area contributed by atoms with Crippen LogP contribution in [-0.2, 0) is 0 Å². The van der Waals surface area contributed by atoms with E-state index in [1.165, 1.54) is 0 Å². The minimum absolute atomic E-state index is 0.105. The largest absolute Gasteiger partial charge is 0.330 e. The summed E-state index contributed by atoms with van der Waals surface area (Å²) < 4.78 is 0. The first-order valence-electron chi connectivity index (χ1n) is 7.00. The van der Waals surface area contributed by atoms with Crippen LogP contribution in [-0.4, -0.2) is 47.4 Å². The van der Waals surface area contributed by atoms with Gasteiger partial charge in [0.15, 0.2) is 0 Å². The second kappa shape index (κ2) is 5.14. The summed E-state index contributed by atoms with van der Waals surface area (Å²) in [5.74, 6) is 0.105. The van der Waals surface area contributed by atoms with Gasteiger partial charge in [0.2, 0.25) is 0 Å². The maximum atomic E-state index is 12.7. The van der Waals surface area contributed by atoms with Crippen molar-refractivity contribution in [2.45, 2.75) is 31.8 Å². The summed E-state index contributed by atoms with van der Waals surface area (Å²) in [4.78, 5) is 17.2. The molecular formula is C15H19ClN2O. The van der Waals surface area contributed by atoms with Gasteiger partial charge >= 0.3 is 0 Å². The number of fused-ring (bicyclic) bond motifs is 2. The highest BCUT2D eigenvalue weighted by atomic mass is 35.5. The number of hydrogen-bond acceptors (Lipinski definition) is 2. The molecule has 0 radical (unpaired) electrons. The molecule has 2 fully saturated rings. The first-order chi connectivity index (χ1) is 9.20. The molecule has 1 aromatic rings. The first kappa shape index (κ1) is 12.9. The molecule has 2 atom stereocenters. The zero-order valence-corrected chi connectivity index (χ0v) is 11.9. The van der Waals surface area contributed by atoms with Crippen molar-refractivity contribution in [3.63, 3.8) is 0 Å². The number of carbonyl (C=O) groups is 1. The lowest BCUT2D eigenvalue weighted by atomic mass is 10.1. The van der Waals surface area contributed by atoms with E-state index < -0.39 is 0 Å². The maximum Gasteiger partial charge on any atom is 0.255 e. The van der Waals surface area contributed by atoms with E-state index in [1.54, 1.807) is 6.07 Å². The van der Waals surface area contributed by atoms with Crippen LogP contribution in [0.2, 0.25) is 5.02 Å². The van der Waals surface area contributed by atoms with E-state index in [2.05, 4.69) is 16.7 Å². The molecule has 2 saturated heterocycles. The van der Waals surface area contributed by atoms with Gasteiger partial charge in [0.1, 0.15) is 0 Å². The lowest BCUT2D eigenvalue weighted by Crippen LogP contribution is -2.55. The van der Waals surface area contributed by atoms with Gasteiger partial charge in [-0.15, -0.1) is 0 Å². The Hall–Kier alpha value is -1.06. The number of benzene rings is 1. The van der Waals surface area contributed by atoms with Crippen LogP contribution >= 0.6 is 11.6 Å². The number of rotatable bonds is 2. The van der Waals surface area contributed by atoms with Crippen molar-refractivity contribution < 1.29 is 4.79 Å². The molecule has 4 heteroatoms. The number of piperazine rings is 1. The molecule has 3 rings (SSSR count). The number of nitrogens with zero attached hydrogens (tertiary/aromatic N) is 2. The summed E-state index contributed by atoms with van der Waals surface area (Å²) in [5.41, 5.74) is 0.644. The van der Waals surface area contributed by atoms with Gasteiger partial charge in [-0.05, 0) is 31.5 Å². The molecule has 2 heterocycles. The van der Waals surface area contributed by atoms with Crippen LogP contribution in [0.3, 0.4) is 0 Å². The lowest BCUT2D eigenvalue weighted by Gasteiger charge is -2.40. The van der Waals surface area contributed by atoms with Gasteiger partial charge in [0, 0.05) is 25.2 Å². The number of likely N-dealkylation sites (N-methyl/N-ethyl adjacent to an activating group) is 1. The van der Waals surface area contributed by atoms with E-state index in [0.717, 1.165) is 32.5 Å². The van der Waals surface area contributed by atoms with Crippen molar-refractivity contribution in [3.05, 3.63) is 34.9 Å². The molecular weight excluding hydrogens is 260 g/mol. The lowest BCUT2D eigenvalue weighted by molar-refractivity contribution is 0.0433. The third kappa shape index (κ3) is 2.26. The second-order valence-electron chi connectivity index (χ2n) is 5.43. The third-order valence-corrected chi connectivity index (χ3v) is 4.67. The van der Waals surface area contributed by atoms with Crippen LogP contribution in [0.25, 0.3) is 0 Å². The number of hydrogen-bond donors (Lipinski definition) is 0. The van der Waals surface area contributed by atoms with Gasteiger partial charge in [-0.2, -0.15) is 0 Å². The van der Waals surface area contributed by atoms with Crippen molar-refractivity contribution in [1.82, 2.24) is 9.80 Å². The minimum atomic E-state index is 0.105. The fourth-order valence-electron chi connectivity index (χ4n) is 3.35. The van der Waals surface area contributed by atoms with Crippen LogP contribution in [0.4, 0.5) is 0 Å². The maximum absolute atomic E-state index is 12.7. The number of halogens is 1. The van der Waals surface area contributed by atoms with Crippen molar-refractivity contribution in [3.8, 4) is 0 Å². The molecule has 1 aromatic carbocycles. The van der Waals surface area contributed by atoms with Gasteiger partial charge < -0.3 is 4.90 Å². The molecule has 2 bridgehead atoms. The van der Waals surface area contributed by atoms with Gasteiger partial charge in [-0.1, -0.05) is 30.7 Å². The average Bonchev–Trinajstić information content (AvgIpc) is 2.69. The quantitative estimate of drug-likeness (QED) is 0.830. The number of carbonyl (C=O) groups excluding carboxylic acids is 1. The molecule has 0 spiro atoms. The van der Waals surface area contributed by atoms with Gasteiger partial charge in [0.25, 0.3) is 5.91 Å².